The van der Waals surface area contributed by atoms with Crippen LogP contribution in [0.15, 0.2) is 36.5 Å². The van der Waals surface area contributed by atoms with E-state index in [2.05, 4.69) is 5.10 Å². The molecule has 0 N–H and O–H groups in total. The van der Waals surface area contributed by atoms with Gasteiger partial charge in [-0.15, -0.1) is 0 Å². The number of carbonyl (C=O) groups excluding carboxylic acids is 2. The van der Waals surface area contributed by atoms with Gasteiger partial charge in [0.25, 0.3) is 0 Å². The number of imide groups is 1. The third-order valence-corrected chi connectivity index (χ3v) is 6.19. The number of amides is 2. The molecule has 0 aliphatic rings. The summed E-state index contributed by atoms with van der Waals surface area (Å²) in [6.07, 6.45) is 0.0728. The predicted molar refractivity (Wildman–Crippen MR) is 133 cm³/mol. The number of anilines is 1. The molecule has 0 unspecified atom stereocenters. The second-order valence-electron chi connectivity index (χ2n) is 9.67. The highest BCUT2D eigenvalue weighted by atomic mass is 31.2. The zero-order valence-electron chi connectivity index (χ0n) is 21.7. The summed E-state index contributed by atoms with van der Waals surface area (Å²) in [4.78, 5) is 26.5. The monoisotopic (exact) mass is 509 g/mol. The van der Waals surface area contributed by atoms with Crippen LogP contribution in [0.4, 0.5) is 15.3 Å². The summed E-state index contributed by atoms with van der Waals surface area (Å²) in [6, 6.07) is 8.30. The highest BCUT2D eigenvalue weighted by molar-refractivity contribution is 7.53. The summed E-state index contributed by atoms with van der Waals surface area (Å²) in [5.74, 6) is 0. The average Bonchev–Trinajstić information content (AvgIpc) is 3.14. The van der Waals surface area contributed by atoms with Gasteiger partial charge in [0.05, 0.1) is 36.4 Å². The highest BCUT2D eigenvalue weighted by Gasteiger charge is 2.32. The molecule has 2 rings (SSSR count). The molecule has 1 aromatic carbocycles. The van der Waals surface area contributed by atoms with E-state index >= 15 is 0 Å². The summed E-state index contributed by atoms with van der Waals surface area (Å²) in [5, 5.41) is 4.46. The Balaban J connectivity index is 2.29. The second kappa shape index (κ2) is 11.4. The number of ether oxygens (including phenoxy) is 2. The molecule has 11 heteroatoms. The zero-order chi connectivity index (χ0) is 26.4. The molecule has 0 saturated heterocycles. The van der Waals surface area contributed by atoms with Crippen LogP contribution in [0.3, 0.4) is 0 Å². The van der Waals surface area contributed by atoms with E-state index in [0.29, 0.717) is 11.4 Å². The van der Waals surface area contributed by atoms with E-state index in [1.54, 1.807) is 96.6 Å². The molecule has 0 aliphatic carbocycles. The van der Waals surface area contributed by atoms with E-state index in [9.17, 15) is 14.2 Å². The van der Waals surface area contributed by atoms with Gasteiger partial charge in [-0.2, -0.15) is 10.00 Å². The normalized spacial score (nSPS) is 12.3. The minimum Gasteiger partial charge on any atom is -0.443 e. The third-order valence-electron chi connectivity index (χ3n) is 4.18. The van der Waals surface area contributed by atoms with Crippen molar-refractivity contribution >= 4 is 25.5 Å². The Morgan fingerprint density at radius 3 is 1.80 bits per heavy atom. The van der Waals surface area contributed by atoms with E-state index in [1.807, 2.05) is 0 Å². The Hall–Kier alpha value is -2.68. The summed E-state index contributed by atoms with van der Waals surface area (Å²) in [7, 11) is -3.28. The molecule has 10 nitrogen and oxygen atoms in total. The second-order valence-corrected chi connectivity index (χ2v) is 11.7. The van der Waals surface area contributed by atoms with Gasteiger partial charge < -0.3 is 18.5 Å². The maximum Gasteiger partial charge on any atom is 0.424 e. The minimum absolute atomic E-state index is 0.0465. The van der Waals surface area contributed by atoms with Crippen molar-refractivity contribution in [2.75, 3.05) is 18.1 Å². The maximum absolute atomic E-state index is 12.8. The van der Waals surface area contributed by atoms with Crippen molar-refractivity contribution < 1.29 is 32.7 Å². The van der Waals surface area contributed by atoms with Crippen LogP contribution in [0.2, 0.25) is 0 Å². The van der Waals surface area contributed by atoms with Gasteiger partial charge in [0.1, 0.15) is 11.2 Å². The molecule has 1 heterocycles. The van der Waals surface area contributed by atoms with Gasteiger partial charge >= 0.3 is 19.8 Å². The van der Waals surface area contributed by atoms with Crippen molar-refractivity contribution in [2.24, 2.45) is 0 Å². The lowest BCUT2D eigenvalue weighted by Crippen LogP contribution is -2.43. The van der Waals surface area contributed by atoms with Gasteiger partial charge in [-0.05, 0) is 85.7 Å². The van der Waals surface area contributed by atoms with E-state index in [0.717, 1.165) is 4.90 Å². The largest absolute Gasteiger partial charge is 0.443 e. The van der Waals surface area contributed by atoms with Crippen LogP contribution in [-0.2, 0) is 29.2 Å². The van der Waals surface area contributed by atoms with Gasteiger partial charge in [0.15, 0.2) is 0 Å². The summed E-state index contributed by atoms with van der Waals surface area (Å²) in [6.45, 7) is 14.3. The molecule has 1 aromatic heterocycles. The van der Waals surface area contributed by atoms with Crippen molar-refractivity contribution in [1.82, 2.24) is 9.78 Å². The quantitative estimate of drug-likeness (QED) is 0.381. The van der Waals surface area contributed by atoms with E-state index in [1.165, 1.54) is 0 Å². The molecule has 0 spiro atoms. The molecule has 0 bridgehead atoms. The number of aromatic nitrogens is 2. The van der Waals surface area contributed by atoms with Crippen molar-refractivity contribution in [2.45, 2.75) is 72.8 Å². The first-order valence-electron chi connectivity index (χ1n) is 11.5. The van der Waals surface area contributed by atoms with E-state index in [-0.39, 0.29) is 25.1 Å². The Labute approximate surface area is 207 Å². The molecule has 0 fully saturated rings. The molecular weight excluding hydrogens is 473 g/mol. The van der Waals surface area contributed by atoms with Crippen molar-refractivity contribution in [3.63, 3.8) is 0 Å². The zero-order valence-corrected chi connectivity index (χ0v) is 22.6. The smallest absolute Gasteiger partial charge is 0.424 e. The van der Waals surface area contributed by atoms with E-state index in [4.69, 9.17) is 18.5 Å². The SMILES string of the molecule is CCOP(=O)(Cc1ccn(-c2ccc(N(C(=O)OC(C)(C)C)C(=O)OC(C)(C)C)cc2)n1)OCC. The van der Waals surface area contributed by atoms with Crippen LogP contribution in [0, 0.1) is 0 Å². The fourth-order valence-corrected chi connectivity index (χ4v) is 4.57. The molecule has 0 saturated carbocycles. The number of carbonyl (C=O) groups is 2. The van der Waals surface area contributed by atoms with Gasteiger partial charge in [0.2, 0.25) is 0 Å². The minimum atomic E-state index is -3.28. The number of rotatable bonds is 8. The molecule has 194 valence electrons. The molecule has 35 heavy (non-hydrogen) atoms. The van der Waals surface area contributed by atoms with Crippen LogP contribution in [0.5, 0.6) is 0 Å². The standard InChI is InChI=1S/C24H36N3O7P/c1-9-31-35(30,32-10-2)17-18-15-16-26(25-18)19-11-13-20(14-12-19)27(21(28)33-23(3,4)5)22(29)34-24(6,7)8/h11-16H,9-10,17H2,1-8H3. The van der Waals surface area contributed by atoms with Crippen molar-refractivity contribution in [3.05, 3.63) is 42.2 Å². The summed E-state index contributed by atoms with van der Waals surface area (Å²) >= 11 is 0. The molecule has 2 aromatic rings. The number of benzene rings is 1. The molecule has 2 amide bonds. The number of hydrogen-bond donors (Lipinski definition) is 0. The van der Waals surface area contributed by atoms with Gasteiger partial charge in [0, 0.05) is 6.20 Å². The average molecular weight is 510 g/mol. The first-order valence-corrected chi connectivity index (χ1v) is 13.2. The van der Waals surface area contributed by atoms with Gasteiger partial charge in [-0.3, -0.25) is 4.57 Å². The molecular formula is C24H36N3O7P. The van der Waals surface area contributed by atoms with Gasteiger partial charge in [-0.1, -0.05) is 0 Å². The van der Waals surface area contributed by atoms with Crippen LogP contribution in [0.25, 0.3) is 5.69 Å². The van der Waals surface area contributed by atoms with Crippen LogP contribution in [0.1, 0.15) is 61.1 Å². The number of hydrogen-bond acceptors (Lipinski definition) is 8. The fourth-order valence-electron chi connectivity index (χ4n) is 2.97. The summed E-state index contributed by atoms with van der Waals surface area (Å²) in [5.41, 5.74) is -0.114. The number of nitrogens with zero attached hydrogens (tertiary/aromatic N) is 3. The topological polar surface area (TPSA) is 109 Å². The molecule has 0 radical (unpaired) electrons. The first kappa shape index (κ1) is 28.6. The Kier molecular flexibility index (Phi) is 9.28. The summed E-state index contributed by atoms with van der Waals surface area (Å²) < 4.78 is 35.9. The van der Waals surface area contributed by atoms with Crippen LogP contribution in [-0.4, -0.2) is 46.4 Å². The molecule has 0 aliphatic heterocycles. The van der Waals surface area contributed by atoms with Crippen LogP contribution >= 0.6 is 7.60 Å². The van der Waals surface area contributed by atoms with Crippen LogP contribution < -0.4 is 4.90 Å². The predicted octanol–water partition coefficient (Wildman–Crippen LogP) is 6.32. The molecule has 0 atom stereocenters. The Morgan fingerprint density at radius 1 is 0.886 bits per heavy atom. The third kappa shape index (κ3) is 8.80. The van der Waals surface area contributed by atoms with Gasteiger partial charge in [-0.25, -0.2) is 14.3 Å². The lowest BCUT2D eigenvalue weighted by molar-refractivity contribution is 0.0430. The fraction of sp³-hybridized carbons (Fsp3) is 0.542. The Bertz CT molecular complexity index is 1010. The Morgan fingerprint density at radius 2 is 1.37 bits per heavy atom. The van der Waals surface area contributed by atoms with Crippen molar-refractivity contribution in [1.29, 1.82) is 0 Å². The van der Waals surface area contributed by atoms with E-state index < -0.39 is 31.0 Å². The lowest BCUT2D eigenvalue weighted by atomic mass is 10.2. The maximum atomic E-state index is 12.8. The highest BCUT2D eigenvalue weighted by Crippen LogP contribution is 2.50. The first-order chi connectivity index (χ1) is 16.2. The lowest BCUT2D eigenvalue weighted by Gasteiger charge is -2.28. The van der Waals surface area contributed by atoms with Crippen molar-refractivity contribution in [3.8, 4) is 5.69 Å².